The van der Waals surface area contributed by atoms with Gasteiger partial charge in [0.15, 0.2) is 5.82 Å². The van der Waals surface area contributed by atoms with Crippen molar-refractivity contribution in [3.8, 4) is 11.4 Å². The molecule has 0 aliphatic heterocycles. The van der Waals surface area contributed by atoms with Crippen LogP contribution in [0.2, 0.25) is 0 Å². The van der Waals surface area contributed by atoms with E-state index in [4.69, 9.17) is 5.73 Å². The van der Waals surface area contributed by atoms with Gasteiger partial charge >= 0.3 is 0 Å². The molecule has 2 aromatic heterocycles. The van der Waals surface area contributed by atoms with Crippen molar-refractivity contribution < 1.29 is 0 Å². The van der Waals surface area contributed by atoms with Crippen molar-refractivity contribution >= 4 is 16.7 Å². The number of hydrogen-bond donors (Lipinski definition) is 1. The fraction of sp³-hybridized carbons (Fsp3) is 0. The summed E-state index contributed by atoms with van der Waals surface area (Å²) < 4.78 is 0. The fourth-order valence-electron chi connectivity index (χ4n) is 1.73. The molecule has 2 heterocycles. The van der Waals surface area contributed by atoms with Gasteiger partial charge < -0.3 is 5.73 Å². The van der Waals surface area contributed by atoms with Crippen LogP contribution in [0.4, 0.5) is 5.82 Å². The first kappa shape index (κ1) is 9.72. The van der Waals surface area contributed by atoms with Gasteiger partial charge in [-0.1, -0.05) is 12.1 Å². The SMILES string of the molecule is Nc1nc(-c2cccnc2)nc2ccccc12. The van der Waals surface area contributed by atoms with Crippen molar-refractivity contribution in [3.63, 3.8) is 0 Å². The lowest BCUT2D eigenvalue weighted by molar-refractivity contribution is 1.21. The van der Waals surface area contributed by atoms with Gasteiger partial charge in [0, 0.05) is 23.3 Å². The summed E-state index contributed by atoms with van der Waals surface area (Å²) in [4.78, 5) is 12.8. The average Bonchev–Trinajstić information content (AvgIpc) is 2.40. The highest BCUT2D eigenvalue weighted by Gasteiger charge is 2.06. The van der Waals surface area contributed by atoms with Crippen LogP contribution in [0.5, 0.6) is 0 Å². The molecule has 4 nitrogen and oxygen atoms in total. The molecule has 0 saturated heterocycles. The van der Waals surface area contributed by atoms with E-state index < -0.39 is 0 Å². The van der Waals surface area contributed by atoms with Crippen LogP contribution in [0, 0.1) is 0 Å². The van der Waals surface area contributed by atoms with Crippen molar-refractivity contribution in [1.82, 2.24) is 15.0 Å². The van der Waals surface area contributed by atoms with Crippen LogP contribution in [0.3, 0.4) is 0 Å². The summed E-state index contributed by atoms with van der Waals surface area (Å²) in [7, 11) is 0. The Bertz CT molecular complexity index is 665. The van der Waals surface area contributed by atoms with Gasteiger partial charge in [0.2, 0.25) is 0 Å². The van der Waals surface area contributed by atoms with E-state index >= 15 is 0 Å². The van der Waals surface area contributed by atoms with Crippen molar-refractivity contribution in [2.24, 2.45) is 0 Å². The highest BCUT2D eigenvalue weighted by Crippen LogP contribution is 2.21. The second kappa shape index (κ2) is 3.83. The molecule has 1 aromatic carbocycles. The molecule has 2 N–H and O–H groups in total. The van der Waals surface area contributed by atoms with E-state index in [1.165, 1.54) is 0 Å². The van der Waals surface area contributed by atoms with Crippen molar-refractivity contribution in [2.45, 2.75) is 0 Å². The summed E-state index contributed by atoms with van der Waals surface area (Å²) in [5.41, 5.74) is 7.63. The van der Waals surface area contributed by atoms with Crippen LogP contribution >= 0.6 is 0 Å². The number of benzene rings is 1. The average molecular weight is 222 g/mol. The third-order valence-electron chi connectivity index (χ3n) is 2.55. The molecule has 0 bridgehead atoms. The zero-order valence-corrected chi connectivity index (χ0v) is 9.04. The van der Waals surface area contributed by atoms with Gasteiger partial charge in [-0.15, -0.1) is 0 Å². The standard InChI is InChI=1S/C13H10N4/c14-12-10-5-1-2-6-11(10)16-13(17-12)9-4-3-7-15-8-9/h1-8H,(H2,14,16,17). The number of nitrogens with two attached hydrogens (primary N) is 1. The normalized spacial score (nSPS) is 10.6. The van der Waals surface area contributed by atoms with Crippen LogP contribution in [-0.4, -0.2) is 15.0 Å². The summed E-state index contributed by atoms with van der Waals surface area (Å²) in [6, 6.07) is 11.5. The molecule has 3 rings (SSSR count). The second-order valence-corrected chi connectivity index (χ2v) is 3.69. The summed E-state index contributed by atoms with van der Waals surface area (Å²) >= 11 is 0. The topological polar surface area (TPSA) is 64.7 Å². The minimum absolute atomic E-state index is 0.495. The van der Waals surface area contributed by atoms with E-state index in [2.05, 4.69) is 15.0 Å². The van der Waals surface area contributed by atoms with E-state index in [1.807, 2.05) is 36.4 Å². The first-order valence-corrected chi connectivity index (χ1v) is 5.27. The molecule has 0 unspecified atom stereocenters. The molecular formula is C13H10N4. The zero-order valence-electron chi connectivity index (χ0n) is 9.04. The van der Waals surface area contributed by atoms with E-state index in [0.717, 1.165) is 16.5 Å². The molecule has 82 valence electrons. The van der Waals surface area contributed by atoms with E-state index in [-0.39, 0.29) is 0 Å². The summed E-state index contributed by atoms with van der Waals surface area (Å²) in [6.45, 7) is 0. The molecular weight excluding hydrogens is 212 g/mol. The third-order valence-corrected chi connectivity index (χ3v) is 2.55. The molecule has 0 amide bonds. The second-order valence-electron chi connectivity index (χ2n) is 3.69. The maximum Gasteiger partial charge on any atom is 0.163 e. The highest BCUT2D eigenvalue weighted by atomic mass is 14.9. The van der Waals surface area contributed by atoms with Crippen molar-refractivity contribution in [3.05, 3.63) is 48.8 Å². The minimum Gasteiger partial charge on any atom is -0.383 e. The number of nitrogen functional groups attached to an aromatic ring is 1. The van der Waals surface area contributed by atoms with Crippen LogP contribution < -0.4 is 5.73 Å². The maximum atomic E-state index is 5.92. The molecule has 3 aromatic rings. The predicted molar refractivity (Wildman–Crippen MR) is 67.2 cm³/mol. The van der Waals surface area contributed by atoms with Crippen molar-refractivity contribution in [2.75, 3.05) is 5.73 Å². The van der Waals surface area contributed by atoms with Crippen LogP contribution in [0.1, 0.15) is 0 Å². The summed E-state index contributed by atoms with van der Waals surface area (Å²) in [5.74, 6) is 1.10. The van der Waals surface area contributed by atoms with E-state index in [0.29, 0.717) is 11.6 Å². The number of rotatable bonds is 1. The van der Waals surface area contributed by atoms with E-state index in [9.17, 15) is 0 Å². The Labute approximate surface area is 98.2 Å². The molecule has 0 fully saturated rings. The molecule has 4 heteroatoms. The predicted octanol–water partition coefficient (Wildman–Crippen LogP) is 2.27. The Kier molecular flexibility index (Phi) is 2.19. The van der Waals surface area contributed by atoms with Crippen molar-refractivity contribution in [1.29, 1.82) is 0 Å². The minimum atomic E-state index is 0.495. The molecule has 0 spiro atoms. The lowest BCUT2D eigenvalue weighted by atomic mass is 10.2. The summed E-state index contributed by atoms with van der Waals surface area (Å²) in [5, 5.41) is 0.875. The van der Waals surface area contributed by atoms with Crippen LogP contribution in [-0.2, 0) is 0 Å². The highest BCUT2D eigenvalue weighted by molar-refractivity contribution is 5.89. The molecule has 0 saturated carbocycles. The Balaban J connectivity index is 2.26. The van der Waals surface area contributed by atoms with Gasteiger partial charge in [0.1, 0.15) is 5.82 Å². The number of aromatic nitrogens is 3. The Morgan fingerprint density at radius 3 is 2.65 bits per heavy atom. The van der Waals surface area contributed by atoms with Gasteiger partial charge in [-0.2, -0.15) is 0 Å². The van der Waals surface area contributed by atoms with Gasteiger partial charge in [0.25, 0.3) is 0 Å². The number of pyridine rings is 1. The first-order chi connectivity index (χ1) is 8.34. The Morgan fingerprint density at radius 1 is 0.941 bits per heavy atom. The fourth-order valence-corrected chi connectivity index (χ4v) is 1.73. The number of hydrogen-bond acceptors (Lipinski definition) is 4. The van der Waals surface area contributed by atoms with Gasteiger partial charge in [-0.05, 0) is 24.3 Å². The lowest BCUT2D eigenvalue weighted by Crippen LogP contribution is -1.97. The number of anilines is 1. The van der Waals surface area contributed by atoms with Crippen LogP contribution in [0.25, 0.3) is 22.3 Å². The first-order valence-electron chi connectivity index (χ1n) is 5.27. The number of fused-ring (bicyclic) bond motifs is 1. The summed E-state index contributed by atoms with van der Waals surface area (Å²) in [6.07, 6.45) is 3.44. The molecule has 0 aliphatic rings. The third kappa shape index (κ3) is 1.69. The Morgan fingerprint density at radius 2 is 1.82 bits per heavy atom. The Hall–Kier alpha value is -2.49. The number of nitrogens with zero attached hydrogens (tertiary/aromatic N) is 3. The van der Waals surface area contributed by atoms with Gasteiger partial charge in [-0.25, -0.2) is 9.97 Å². The van der Waals surface area contributed by atoms with Gasteiger partial charge in [-0.3, -0.25) is 4.98 Å². The smallest absolute Gasteiger partial charge is 0.163 e. The molecule has 17 heavy (non-hydrogen) atoms. The number of para-hydroxylation sites is 1. The lowest BCUT2D eigenvalue weighted by Gasteiger charge is -2.04. The van der Waals surface area contributed by atoms with Crippen LogP contribution in [0.15, 0.2) is 48.8 Å². The quantitative estimate of drug-likeness (QED) is 0.686. The monoisotopic (exact) mass is 222 g/mol. The molecule has 0 radical (unpaired) electrons. The maximum absolute atomic E-state index is 5.92. The zero-order chi connectivity index (χ0) is 11.7. The largest absolute Gasteiger partial charge is 0.383 e. The van der Waals surface area contributed by atoms with Gasteiger partial charge in [0.05, 0.1) is 5.52 Å². The molecule has 0 atom stereocenters. The van der Waals surface area contributed by atoms with E-state index in [1.54, 1.807) is 12.4 Å². The molecule has 0 aliphatic carbocycles.